The summed E-state index contributed by atoms with van der Waals surface area (Å²) < 4.78 is 33.7. The Bertz CT molecular complexity index is 1340. The van der Waals surface area contributed by atoms with Crippen LogP contribution in [0.1, 0.15) is 245 Å². The van der Waals surface area contributed by atoms with Gasteiger partial charge >= 0.3 is 19.8 Å². The van der Waals surface area contributed by atoms with E-state index in [-0.39, 0.29) is 12.8 Å². The van der Waals surface area contributed by atoms with Gasteiger partial charge in [-0.15, -0.1) is 0 Å². The van der Waals surface area contributed by atoms with Crippen LogP contribution in [0.15, 0.2) is 36.5 Å². The first-order valence-corrected chi connectivity index (χ1v) is 29.3. The van der Waals surface area contributed by atoms with Crippen molar-refractivity contribution in [2.24, 2.45) is 0 Å². The third-order valence-corrected chi connectivity index (χ3v) is 13.9. The van der Waals surface area contributed by atoms with Crippen LogP contribution in [0.5, 0.6) is 0 Å². The van der Waals surface area contributed by atoms with Crippen LogP contribution in [-0.2, 0) is 32.7 Å². The van der Waals surface area contributed by atoms with Crippen molar-refractivity contribution in [2.75, 3.05) is 13.2 Å². The largest absolute Gasteiger partial charge is 0.472 e. The normalized spacial score (nSPS) is 21.1. The number of carbonyl (C=O) groups is 2. The topological polar surface area (TPSA) is 210 Å². The first-order chi connectivity index (χ1) is 33.4. The molecule has 0 aliphatic heterocycles. The molecule has 6 unspecified atom stereocenters. The van der Waals surface area contributed by atoms with Gasteiger partial charge in [0.1, 0.15) is 43.2 Å². The molecule has 1 rings (SSSR count). The molecule has 1 aliphatic rings. The summed E-state index contributed by atoms with van der Waals surface area (Å²) in [4.78, 5) is 35.9. The predicted octanol–water partition coefficient (Wildman–Crippen LogP) is 12.5. The molecule has 69 heavy (non-hydrogen) atoms. The molecule has 1 aliphatic carbocycles. The Kier molecular flexibility index (Phi) is 42.2. The van der Waals surface area contributed by atoms with E-state index in [1.807, 2.05) is 0 Å². The van der Waals surface area contributed by atoms with Crippen molar-refractivity contribution in [1.29, 1.82) is 0 Å². The van der Waals surface area contributed by atoms with Gasteiger partial charge in [0.2, 0.25) is 0 Å². The number of hydrogen-bond acceptors (Lipinski definition) is 12. The molecule has 0 amide bonds. The van der Waals surface area contributed by atoms with Crippen LogP contribution in [0.4, 0.5) is 0 Å². The molecule has 8 atom stereocenters. The maximum absolute atomic E-state index is 12.9. The zero-order valence-corrected chi connectivity index (χ0v) is 44.3. The average molecular weight is 1000 g/mol. The van der Waals surface area contributed by atoms with Crippen LogP contribution < -0.4 is 0 Å². The molecule has 0 aromatic carbocycles. The number of ether oxygens (including phenoxy) is 2. The molecular formula is C55H101O13P. The smallest absolute Gasteiger partial charge is 0.462 e. The summed E-state index contributed by atoms with van der Waals surface area (Å²) in [6, 6.07) is 0. The molecular weight excluding hydrogens is 900 g/mol. The lowest BCUT2D eigenvalue weighted by Crippen LogP contribution is -2.64. The molecule has 1 fully saturated rings. The van der Waals surface area contributed by atoms with Crippen LogP contribution in [0.3, 0.4) is 0 Å². The van der Waals surface area contributed by atoms with Crippen molar-refractivity contribution >= 4 is 19.8 Å². The lowest BCUT2D eigenvalue weighted by atomic mass is 9.85. The molecule has 0 bridgehead atoms. The Labute approximate surface area is 418 Å². The highest BCUT2D eigenvalue weighted by Gasteiger charge is 2.51. The van der Waals surface area contributed by atoms with Gasteiger partial charge in [-0.25, -0.2) is 4.57 Å². The number of esters is 2. The second-order valence-corrected chi connectivity index (χ2v) is 20.8. The standard InChI is InChI=1S/C55H101O13P/c1-3-5-7-9-11-13-15-17-19-21-23-24-26-28-30-32-34-36-38-40-42-44-49(57)67-47(46-66-69(63,64)68-55-53(61)51(59)50(58)52(60)54(55)62)45-65-48(56)43-41-39-37-35-33-31-29-27-25-22-20-18-16-14-12-10-8-6-4-2/h12,14,17-20,47,50-55,58-62H,3-11,13,15-16,21-46H2,1-2H3,(H,63,64)/b14-12+,19-17+,20-18+/t47-,50?,51-,52?,53?,54?,55?/m1/s1. The molecule has 6 N–H and O–H groups in total. The highest BCUT2D eigenvalue weighted by molar-refractivity contribution is 7.47. The quantitative estimate of drug-likeness (QED) is 0.0145. The number of rotatable bonds is 47. The lowest BCUT2D eigenvalue weighted by Gasteiger charge is -2.41. The Balaban J connectivity index is 2.36. The van der Waals surface area contributed by atoms with E-state index in [0.29, 0.717) is 12.8 Å². The molecule has 13 nitrogen and oxygen atoms in total. The van der Waals surface area contributed by atoms with Crippen LogP contribution in [-0.4, -0.2) is 98.3 Å². The van der Waals surface area contributed by atoms with Crippen molar-refractivity contribution in [3.63, 3.8) is 0 Å². The average Bonchev–Trinajstić information content (AvgIpc) is 3.33. The molecule has 0 aromatic heterocycles. The molecule has 14 heteroatoms. The van der Waals surface area contributed by atoms with Gasteiger partial charge < -0.3 is 39.9 Å². The van der Waals surface area contributed by atoms with E-state index >= 15 is 0 Å². The monoisotopic (exact) mass is 1000 g/mol. The highest BCUT2D eigenvalue weighted by atomic mass is 31.2. The second-order valence-electron chi connectivity index (χ2n) is 19.4. The van der Waals surface area contributed by atoms with E-state index in [4.69, 9.17) is 18.5 Å². The van der Waals surface area contributed by atoms with Crippen molar-refractivity contribution in [3.8, 4) is 0 Å². The SMILES string of the molecule is CCCCC/C=C/C/C=C/CCCCCCCCCCCC(=O)OC[C@H](COP(=O)(O)OC1C(O)C(O)C(O)[C@@H](O)C1O)OC(=O)CCCCCCCCCCCCC/C=C/CCCCCCCC. The molecule has 0 aromatic rings. The first-order valence-electron chi connectivity index (χ1n) is 27.8. The van der Waals surface area contributed by atoms with Crippen LogP contribution in [0, 0.1) is 0 Å². The Morgan fingerprint density at radius 2 is 0.783 bits per heavy atom. The fourth-order valence-electron chi connectivity index (χ4n) is 8.49. The summed E-state index contributed by atoms with van der Waals surface area (Å²) in [5.74, 6) is -1.10. The molecule has 0 saturated heterocycles. The Morgan fingerprint density at radius 3 is 1.22 bits per heavy atom. The maximum atomic E-state index is 12.9. The van der Waals surface area contributed by atoms with Gasteiger partial charge in [0, 0.05) is 12.8 Å². The van der Waals surface area contributed by atoms with Gasteiger partial charge in [-0.1, -0.05) is 198 Å². The van der Waals surface area contributed by atoms with E-state index in [2.05, 4.69) is 50.3 Å². The number of aliphatic hydroxyl groups excluding tert-OH is 5. The van der Waals surface area contributed by atoms with Crippen molar-refractivity contribution < 1.29 is 63.1 Å². The van der Waals surface area contributed by atoms with Gasteiger partial charge in [-0.3, -0.25) is 18.6 Å². The lowest BCUT2D eigenvalue weighted by molar-refractivity contribution is -0.220. The molecule has 0 heterocycles. The van der Waals surface area contributed by atoms with E-state index in [0.717, 1.165) is 64.2 Å². The van der Waals surface area contributed by atoms with Crippen molar-refractivity contribution in [2.45, 2.75) is 288 Å². The summed E-state index contributed by atoms with van der Waals surface area (Å²) >= 11 is 0. The van der Waals surface area contributed by atoms with Crippen molar-refractivity contribution in [3.05, 3.63) is 36.5 Å². The molecule has 404 valence electrons. The fraction of sp³-hybridized carbons (Fsp3) is 0.855. The summed E-state index contributed by atoms with van der Waals surface area (Å²) in [6.07, 6.45) is 40.4. The first kappa shape index (κ1) is 65.1. The van der Waals surface area contributed by atoms with Gasteiger partial charge in [0.15, 0.2) is 6.10 Å². The summed E-state index contributed by atoms with van der Waals surface area (Å²) in [5, 5.41) is 50.3. The molecule has 1 saturated carbocycles. The minimum atomic E-state index is -5.13. The minimum absolute atomic E-state index is 0.0965. The van der Waals surface area contributed by atoms with Gasteiger partial charge in [0.25, 0.3) is 0 Å². The van der Waals surface area contributed by atoms with Gasteiger partial charge in [-0.05, 0) is 70.6 Å². The number of phosphoric acid groups is 1. The van der Waals surface area contributed by atoms with Gasteiger partial charge in [-0.2, -0.15) is 0 Å². The number of carbonyl (C=O) groups excluding carboxylic acids is 2. The number of aliphatic hydroxyl groups is 5. The van der Waals surface area contributed by atoms with Crippen LogP contribution >= 0.6 is 7.82 Å². The maximum Gasteiger partial charge on any atom is 0.472 e. The molecule has 0 radical (unpaired) electrons. The summed E-state index contributed by atoms with van der Waals surface area (Å²) in [7, 11) is -5.13. The third-order valence-electron chi connectivity index (χ3n) is 13.0. The number of hydrogen-bond donors (Lipinski definition) is 6. The van der Waals surface area contributed by atoms with Crippen LogP contribution in [0.2, 0.25) is 0 Å². The highest BCUT2D eigenvalue weighted by Crippen LogP contribution is 2.47. The zero-order chi connectivity index (χ0) is 50.6. The minimum Gasteiger partial charge on any atom is -0.462 e. The summed E-state index contributed by atoms with van der Waals surface area (Å²) in [5.41, 5.74) is 0. The zero-order valence-electron chi connectivity index (χ0n) is 43.4. The van der Waals surface area contributed by atoms with E-state index in [1.165, 1.54) is 141 Å². The van der Waals surface area contributed by atoms with E-state index < -0.39 is 75.7 Å². The number of unbranched alkanes of at least 4 members (excludes halogenated alkanes) is 29. The Morgan fingerprint density at radius 1 is 0.449 bits per heavy atom. The number of phosphoric ester groups is 1. The predicted molar refractivity (Wildman–Crippen MR) is 277 cm³/mol. The summed E-state index contributed by atoms with van der Waals surface area (Å²) in [6.45, 7) is 3.31. The number of allylic oxidation sites excluding steroid dienone is 6. The molecule has 0 spiro atoms. The second kappa shape index (κ2) is 44.7. The fourth-order valence-corrected chi connectivity index (χ4v) is 9.46. The van der Waals surface area contributed by atoms with E-state index in [1.54, 1.807) is 0 Å². The third kappa shape index (κ3) is 36.6. The Hall–Kier alpha value is -1.93. The van der Waals surface area contributed by atoms with Crippen molar-refractivity contribution in [1.82, 2.24) is 0 Å². The van der Waals surface area contributed by atoms with E-state index in [9.17, 15) is 44.6 Å². The van der Waals surface area contributed by atoms with Crippen LogP contribution in [0.25, 0.3) is 0 Å². The van der Waals surface area contributed by atoms with Gasteiger partial charge in [0.05, 0.1) is 6.61 Å².